The lowest BCUT2D eigenvalue weighted by Gasteiger charge is -2.18. The van der Waals surface area contributed by atoms with E-state index in [2.05, 4.69) is 20.8 Å². The second-order valence-corrected chi connectivity index (χ2v) is 5.88. The van der Waals surface area contributed by atoms with Crippen LogP contribution in [-0.4, -0.2) is 34.6 Å². The van der Waals surface area contributed by atoms with Crippen LogP contribution in [0.5, 0.6) is 5.75 Å². The summed E-state index contributed by atoms with van der Waals surface area (Å²) in [6.07, 6.45) is 0.485. The van der Waals surface area contributed by atoms with Crippen LogP contribution in [0.4, 0.5) is 0 Å². The van der Waals surface area contributed by atoms with E-state index in [1.54, 1.807) is 19.1 Å². The fourth-order valence-corrected chi connectivity index (χ4v) is 2.57. The summed E-state index contributed by atoms with van der Waals surface area (Å²) >= 11 is 0. The summed E-state index contributed by atoms with van der Waals surface area (Å²) in [5.41, 5.74) is 0. The van der Waals surface area contributed by atoms with Crippen LogP contribution >= 0.6 is 0 Å². The molecule has 1 fully saturated rings. The van der Waals surface area contributed by atoms with E-state index in [-0.39, 0.29) is 24.3 Å². The molecule has 2 atom stereocenters. The van der Waals surface area contributed by atoms with E-state index in [0.29, 0.717) is 30.4 Å². The quantitative estimate of drug-likeness (QED) is 0.814. The van der Waals surface area contributed by atoms with Crippen molar-refractivity contribution in [3.8, 4) is 5.75 Å². The number of carbonyl (C=O) groups is 2. The molecule has 2 heterocycles. The first kappa shape index (κ1) is 16.9. The van der Waals surface area contributed by atoms with Crippen molar-refractivity contribution >= 4 is 11.8 Å². The minimum atomic E-state index is -0.646. The van der Waals surface area contributed by atoms with Crippen LogP contribution in [0.1, 0.15) is 37.4 Å². The Labute approximate surface area is 144 Å². The van der Waals surface area contributed by atoms with Crippen LogP contribution in [-0.2, 0) is 16.1 Å². The molecule has 0 spiro atoms. The first-order valence-electron chi connectivity index (χ1n) is 8.20. The number of carbonyl (C=O) groups excluding carboxylic acids is 2. The Hall–Kier alpha value is -2.90. The van der Waals surface area contributed by atoms with Gasteiger partial charge >= 0.3 is 0 Å². The standard InChI is InChI=1S/C17H20N4O4/c1-11(24-13-5-3-2-4-6-13)17(23)19-10-15-20-16(21-25-15)12-7-8-18-14(22)9-12/h2-6,11-12H,7-10H2,1H3,(H,18,22)(H,19,23). The Morgan fingerprint density at radius 2 is 2.24 bits per heavy atom. The highest BCUT2D eigenvalue weighted by atomic mass is 16.5. The van der Waals surface area contributed by atoms with Crippen molar-refractivity contribution < 1.29 is 18.8 Å². The van der Waals surface area contributed by atoms with Gasteiger partial charge in [0.25, 0.3) is 5.91 Å². The van der Waals surface area contributed by atoms with Gasteiger partial charge in [-0.05, 0) is 25.5 Å². The number of aromatic nitrogens is 2. The Bertz CT molecular complexity index is 731. The van der Waals surface area contributed by atoms with Gasteiger partial charge in [0.05, 0.1) is 6.54 Å². The molecule has 1 aromatic heterocycles. The third kappa shape index (κ3) is 4.56. The largest absolute Gasteiger partial charge is 0.481 e. The number of hydrogen-bond donors (Lipinski definition) is 2. The zero-order valence-electron chi connectivity index (χ0n) is 13.9. The minimum absolute atomic E-state index is 0.0113. The van der Waals surface area contributed by atoms with Crippen LogP contribution in [0.3, 0.4) is 0 Å². The molecular weight excluding hydrogens is 324 g/mol. The lowest BCUT2D eigenvalue weighted by Crippen LogP contribution is -2.36. The van der Waals surface area contributed by atoms with Crippen molar-refractivity contribution in [2.75, 3.05) is 6.54 Å². The number of hydrogen-bond acceptors (Lipinski definition) is 6. The Kier molecular flexibility index (Phi) is 5.27. The number of piperidine rings is 1. The van der Waals surface area contributed by atoms with Gasteiger partial charge in [0, 0.05) is 18.9 Å². The molecule has 0 aliphatic carbocycles. The SMILES string of the molecule is CC(Oc1ccccc1)C(=O)NCc1nc(C2CCNC(=O)C2)no1. The number of para-hydroxylation sites is 1. The summed E-state index contributed by atoms with van der Waals surface area (Å²) in [4.78, 5) is 27.8. The number of nitrogens with zero attached hydrogens (tertiary/aromatic N) is 2. The molecule has 25 heavy (non-hydrogen) atoms. The topological polar surface area (TPSA) is 106 Å². The van der Waals surface area contributed by atoms with Crippen molar-refractivity contribution in [3.05, 3.63) is 42.0 Å². The van der Waals surface area contributed by atoms with Gasteiger partial charge in [-0.1, -0.05) is 23.4 Å². The Morgan fingerprint density at radius 3 is 3.00 bits per heavy atom. The van der Waals surface area contributed by atoms with Gasteiger partial charge in [0.1, 0.15) is 5.75 Å². The van der Waals surface area contributed by atoms with E-state index in [4.69, 9.17) is 9.26 Å². The molecule has 8 heteroatoms. The van der Waals surface area contributed by atoms with Crippen LogP contribution in [0.25, 0.3) is 0 Å². The van der Waals surface area contributed by atoms with Crippen molar-refractivity contribution in [2.45, 2.75) is 38.3 Å². The molecule has 1 saturated heterocycles. The molecule has 1 aliphatic heterocycles. The summed E-state index contributed by atoms with van der Waals surface area (Å²) in [5, 5.41) is 9.39. The molecule has 2 N–H and O–H groups in total. The number of rotatable bonds is 6. The molecule has 2 amide bonds. The molecule has 8 nitrogen and oxygen atoms in total. The summed E-state index contributed by atoms with van der Waals surface area (Å²) in [5.74, 6) is 1.11. The summed E-state index contributed by atoms with van der Waals surface area (Å²) in [6.45, 7) is 2.40. The number of nitrogens with one attached hydrogen (secondary N) is 2. The molecule has 132 valence electrons. The van der Waals surface area contributed by atoms with E-state index in [9.17, 15) is 9.59 Å². The van der Waals surface area contributed by atoms with Crippen molar-refractivity contribution in [1.29, 1.82) is 0 Å². The summed E-state index contributed by atoms with van der Waals surface area (Å²) < 4.78 is 10.7. The summed E-state index contributed by atoms with van der Waals surface area (Å²) in [7, 11) is 0. The molecule has 0 saturated carbocycles. The maximum Gasteiger partial charge on any atom is 0.261 e. The lowest BCUT2D eigenvalue weighted by molar-refractivity contribution is -0.127. The van der Waals surface area contributed by atoms with Crippen LogP contribution in [0, 0.1) is 0 Å². The molecular formula is C17H20N4O4. The van der Waals surface area contributed by atoms with E-state index in [0.717, 1.165) is 6.42 Å². The average Bonchev–Trinajstić information content (AvgIpc) is 3.09. The van der Waals surface area contributed by atoms with Crippen LogP contribution < -0.4 is 15.4 Å². The van der Waals surface area contributed by atoms with Gasteiger partial charge in [0.2, 0.25) is 11.8 Å². The van der Waals surface area contributed by atoms with Gasteiger partial charge < -0.3 is 19.9 Å². The van der Waals surface area contributed by atoms with Gasteiger partial charge in [-0.3, -0.25) is 9.59 Å². The van der Waals surface area contributed by atoms with Crippen molar-refractivity contribution in [3.63, 3.8) is 0 Å². The van der Waals surface area contributed by atoms with Crippen LogP contribution in [0.2, 0.25) is 0 Å². The van der Waals surface area contributed by atoms with E-state index in [1.165, 1.54) is 0 Å². The molecule has 3 rings (SSSR count). The van der Waals surface area contributed by atoms with Crippen molar-refractivity contribution in [1.82, 2.24) is 20.8 Å². The fourth-order valence-electron chi connectivity index (χ4n) is 2.57. The Balaban J connectivity index is 1.49. The van der Waals surface area contributed by atoms with Gasteiger partial charge in [0.15, 0.2) is 11.9 Å². The van der Waals surface area contributed by atoms with E-state index >= 15 is 0 Å². The lowest BCUT2D eigenvalue weighted by atomic mass is 9.97. The Morgan fingerprint density at radius 1 is 1.44 bits per heavy atom. The summed E-state index contributed by atoms with van der Waals surface area (Å²) in [6, 6.07) is 9.13. The van der Waals surface area contributed by atoms with Gasteiger partial charge in [-0.25, -0.2) is 0 Å². The molecule has 2 unspecified atom stereocenters. The number of amides is 2. The average molecular weight is 344 g/mol. The maximum atomic E-state index is 12.1. The molecule has 0 bridgehead atoms. The third-order valence-electron chi connectivity index (χ3n) is 3.93. The number of benzene rings is 1. The highest BCUT2D eigenvalue weighted by Crippen LogP contribution is 2.22. The number of ether oxygens (including phenoxy) is 1. The highest BCUT2D eigenvalue weighted by molar-refractivity contribution is 5.80. The predicted octanol–water partition coefficient (Wildman–Crippen LogP) is 1.15. The molecule has 0 radical (unpaired) electrons. The molecule has 2 aromatic rings. The van der Waals surface area contributed by atoms with E-state index < -0.39 is 6.10 Å². The monoisotopic (exact) mass is 344 g/mol. The second kappa shape index (κ2) is 7.78. The molecule has 1 aromatic carbocycles. The zero-order valence-corrected chi connectivity index (χ0v) is 13.9. The highest BCUT2D eigenvalue weighted by Gasteiger charge is 2.25. The second-order valence-electron chi connectivity index (χ2n) is 5.88. The van der Waals surface area contributed by atoms with E-state index in [1.807, 2.05) is 18.2 Å². The minimum Gasteiger partial charge on any atom is -0.481 e. The normalized spacial score (nSPS) is 18.3. The van der Waals surface area contributed by atoms with Gasteiger partial charge in [-0.2, -0.15) is 4.98 Å². The zero-order chi connectivity index (χ0) is 17.6. The smallest absolute Gasteiger partial charge is 0.261 e. The van der Waals surface area contributed by atoms with Gasteiger partial charge in [-0.15, -0.1) is 0 Å². The van der Waals surface area contributed by atoms with Crippen LogP contribution in [0.15, 0.2) is 34.9 Å². The maximum absolute atomic E-state index is 12.1. The molecule has 1 aliphatic rings. The fraction of sp³-hybridized carbons (Fsp3) is 0.412. The first-order chi connectivity index (χ1) is 12.1. The predicted molar refractivity (Wildman–Crippen MR) is 87.7 cm³/mol. The third-order valence-corrected chi connectivity index (χ3v) is 3.93. The first-order valence-corrected chi connectivity index (χ1v) is 8.20. The van der Waals surface area contributed by atoms with Crippen molar-refractivity contribution in [2.24, 2.45) is 0 Å².